The third-order valence-corrected chi connectivity index (χ3v) is 4.72. The summed E-state index contributed by atoms with van der Waals surface area (Å²) >= 11 is 1.28. The number of benzene rings is 1. The van der Waals surface area contributed by atoms with Gasteiger partial charge in [0, 0.05) is 17.6 Å². The van der Waals surface area contributed by atoms with Crippen molar-refractivity contribution in [2.24, 2.45) is 0 Å². The van der Waals surface area contributed by atoms with Gasteiger partial charge < -0.3 is 19.9 Å². The summed E-state index contributed by atoms with van der Waals surface area (Å²) in [6.07, 6.45) is 0.600. The molecule has 0 unspecified atom stereocenters. The molecule has 0 fully saturated rings. The fraction of sp³-hybridized carbons (Fsp3) is 0.333. The standard InChI is InChI=1S/C18H21NO5S/c1-4-14-11(2)25-17(15(14)18(21)22)19-16(20)12-6-5-7-13(10-12)24-9-8-23-3/h5-7,10H,4,8-9H2,1-3H3,(H,19,20)(H,21,22). The molecular weight excluding hydrogens is 342 g/mol. The van der Waals surface area contributed by atoms with Crippen LogP contribution < -0.4 is 10.1 Å². The first kappa shape index (κ1) is 19.0. The van der Waals surface area contributed by atoms with Crippen LogP contribution in [0.1, 0.15) is 38.1 Å². The summed E-state index contributed by atoms with van der Waals surface area (Å²) in [5.74, 6) is -0.850. The average molecular weight is 363 g/mol. The summed E-state index contributed by atoms with van der Waals surface area (Å²) in [5.41, 5.74) is 1.32. The number of aromatic carboxylic acids is 1. The van der Waals surface area contributed by atoms with Crippen LogP contribution in [0.5, 0.6) is 5.75 Å². The first-order chi connectivity index (χ1) is 12.0. The number of methoxy groups -OCH3 is 1. The van der Waals surface area contributed by atoms with E-state index >= 15 is 0 Å². The minimum Gasteiger partial charge on any atom is -0.491 e. The molecule has 1 aromatic heterocycles. The van der Waals surface area contributed by atoms with Crippen molar-refractivity contribution >= 4 is 28.2 Å². The second kappa shape index (κ2) is 8.64. The van der Waals surface area contributed by atoms with E-state index in [2.05, 4.69) is 5.32 Å². The number of nitrogens with one attached hydrogen (secondary N) is 1. The summed E-state index contributed by atoms with van der Waals surface area (Å²) in [6, 6.07) is 6.73. The van der Waals surface area contributed by atoms with Gasteiger partial charge in [0.25, 0.3) is 5.91 Å². The molecule has 0 aliphatic carbocycles. The molecule has 1 amide bonds. The van der Waals surface area contributed by atoms with E-state index in [9.17, 15) is 14.7 Å². The highest BCUT2D eigenvalue weighted by atomic mass is 32.1. The lowest BCUT2D eigenvalue weighted by molar-refractivity contribution is 0.0697. The molecule has 25 heavy (non-hydrogen) atoms. The van der Waals surface area contributed by atoms with Crippen molar-refractivity contribution in [3.8, 4) is 5.75 Å². The zero-order valence-electron chi connectivity index (χ0n) is 14.4. The van der Waals surface area contributed by atoms with Crippen LogP contribution in [0.15, 0.2) is 24.3 Å². The number of amides is 1. The second-order valence-electron chi connectivity index (χ2n) is 5.32. The first-order valence-corrected chi connectivity index (χ1v) is 8.68. The normalized spacial score (nSPS) is 10.5. The summed E-state index contributed by atoms with van der Waals surface area (Å²) in [4.78, 5) is 25.0. The van der Waals surface area contributed by atoms with E-state index in [-0.39, 0.29) is 11.5 Å². The highest BCUT2D eigenvalue weighted by Crippen LogP contribution is 2.33. The number of carboxylic acids is 1. The number of carbonyl (C=O) groups excluding carboxylic acids is 1. The van der Waals surface area contributed by atoms with Crippen molar-refractivity contribution in [1.82, 2.24) is 0 Å². The maximum atomic E-state index is 12.5. The molecule has 6 nitrogen and oxygen atoms in total. The molecule has 0 saturated carbocycles. The van der Waals surface area contributed by atoms with Crippen LogP contribution in [0.2, 0.25) is 0 Å². The molecule has 2 rings (SSSR count). The number of carboxylic acid groups (broad SMARTS) is 1. The summed E-state index contributed by atoms with van der Waals surface area (Å²) < 4.78 is 10.4. The van der Waals surface area contributed by atoms with Gasteiger partial charge in [-0.2, -0.15) is 0 Å². The molecule has 0 bridgehead atoms. The van der Waals surface area contributed by atoms with Gasteiger partial charge in [0.05, 0.1) is 12.2 Å². The van der Waals surface area contributed by atoms with Gasteiger partial charge in [-0.25, -0.2) is 4.79 Å². The van der Waals surface area contributed by atoms with Crippen molar-refractivity contribution in [1.29, 1.82) is 0 Å². The minimum absolute atomic E-state index is 0.172. The number of hydrogen-bond acceptors (Lipinski definition) is 5. The monoisotopic (exact) mass is 363 g/mol. The van der Waals surface area contributed by atoms with E-state index < -0.39 is 5.97 Å². The molecule has 0 aliphatic rings. The van der Waals surface area contributed by atoms with Gasteiger partial charge in [-0.1, -0.05) is 13.0 Å². The van der Waals surface area contributed by atoms with Crippen LogP contribution in [0.4, 0.5) is 5.00 Å². The zero-order chi connectivity index (χ0) is 18.4. The SMILES string of the molecule is CCc1c(C)sc(NC(=O)c2cccc(OCCOC)c2)c1C(=O)O. The van der Waals surface area contributed by atoms with Crippen LogP contribution in [0.25, 0.3) is 0 Å². The van der Waals surface area contributed by atoms with Gasteiger partial charge in [0.15, 0.2) is 0 Å². The lowest BCUT2D eigenvalue weighted by Gasteiger charge is -2.08. The molecule has 2 aromatic rings. The summed E-state index contributed by atoms with van der Waals surface area (Å²) in [6.45, 7) is 4.59. The predicted molar refractivity (Wildman–Crippen MR) is 97.2 cm³/mol. The van der Waals surface area contributed by atoms with E-state index in [1.807, 2.05) is 13.8 Å². The molecule has 134 valence electrons. The Morgan fingerprint density at radius 2 is 2.04 bits per heavy atom. The Balaban J connectivity index is 2.20. The number of rotatable bonds is 8. The highest BCUT2D eigenvalue weighted by Gasteiger charge is 2.22. The number of aryl methyl sites for hydroxylation is 1. The van der Waals surface area contributed by atoms with Gasteiger partial charge in [-0.3, -0.25) is 4.79 Å². The van der Waals surface area contributed by atoms with Gasteiger partial charge >= 0.3 is 5.97 Å². The van der Waals surface area contributed by atoms with Crippen LogP contribution in [-0.4, -0.2) is 37.3 Å². The molecule has 0 spiro atoms. The van der Waals surface area contributed by atoms with Crippen LogP contribution in [0.3, 0.4) is 0 Å². The lowest BCUT2D eigenvalue weighted by atomic mass is 10.1. The quantitative estimate of drug-likeness (QED) is 0.700. The van der Waals surface area contributed by atoms with E-state index in [0.29, 0.717) is 35.9 Å². The van der Waals surface area contributed by atoms with E-state index in [1.54, 1.807) is 31.4 Å². The highest BCUT2D eigenvalue weighted by molar-refractivity contribution is 7.16. The number of thiophene rings is 1. The van der Waals surface area contributed by atoms with Crippen molar-refractivity contribution in [2.75, 3.05) is 25.6 Å². The zero-order valence-corrected chi connectivity index (χ0v) is 15.2. The van der Waals surface area contributed by atoms with E-state index in [4.69, 9.17) is 9.47 Å². The minimum atomic E-state index is -1.03. The Bertz CT molecular complexity index is 769. The molecule has 0 atom stereocenters. The van der Waals surface area contributed by atoms with Crippen molar-refractivity contribution in [2.45, 2.75) is 20.3 Å². The molecule has 2 N–H and O–H groups in total. The molecule has 1 aromatic carbocycles. The van der Waals surface area contributed by atoms with Gasteiger partial charge in [-0.15, -0.1) is 11.3 Å². The van der Waals surface area contributed by atoms with Crippen LogP contribution in [-0.2, 0) is 11.2 Å². The van der Waals surface area contributed by atoms with Crippen LogP contribution >= 0.6 is 11.3 Å². The Kier molecular flexibility index (Phi) is 6.55. The van der Waals surface area contributed by atoms with Gasteiger partial charge in [0.1, 0.15) is 17.4 Å². The number of ether oxygens (including phenoxy) is 2. The largest absolute Gasteiger partial charge is 0.491 e. The van der Waals surface area contributed by atoms with Gasteiger partial charge in [0.2, 0.25) is 0 Å². The topological polar surface area (TPSA) is 84.9 Å². The molecule has 0 aliphatic heterocycles. The molecule has 0 radical (unpaired) electrons. The second-order valence-corrected chi connectivity index (χ2v) is 6.55. The number of hydrogen-bond donors (Lipinski definition) is 2. The summed E-state index contributed by atoms with van der Waals surface area (Å²) in [7, 11) is 1.58. The Morgan fingerprint density at radius 3 is 2.68 bits per heavy atom. The van der Waals surface area contributed by atoms with Crippen LogP contribution in [0, 0.1) is 6.92 Å². The molecule has 7 heteroatoms. The Hall–Kier alpha value is -2.38. The first-order valence-electron chi connectivity index (χ1n) is 7.86. The maximum absolute atomic E-state index is 12.5. The third-order valence-electron chi connectivity index (χ3n) is 3.66. The molecule has 1 heterocycles. The Labute approximate surface area is 150 Å². The average Bonchev–Trinajstić information content (AvgIpc) is 2.90. The maximum Gasteiger partial charge on any atom is 0.339 e. The number of carbonyl (C=O) groups is 2. The fourth-order valence-corrected chi connectivity index (χ4v) is 3.60. The number of anilines is 1. The van der Waals surface area contributed by atoms with Crippen molar-refractivity contribution < 1.29 is 24.2 Å². The third kappa shape index (κ3) is 4.58. The smallest absolute Gasteiger partial charge is 0.339 e. The lowest BCUT2D eigenvalue weighted by Crippen LogP contribution is -2.14. The molecular formula is C18H21NO5S. The van der Waals surface area contributed by atoms with E-state index in [0.717, 1.165) is 10.4 Å². The predicted octanol–water partition coefficient (Wildman–Crippen LogP) is 3.59. The summed E-state index contributed by atoms with van der Waals surface area (Å²) in [5, 5.41) is 12.5. The van der Waals surface area contributed by atoms with Crippen molar-refractivity contribution in [3.63, 3.8) is 0 Å². The fourth-order valence-electron chi connectivity index (χ4n) is 2.46. The van der Waals surface area contributed by atoms with Crippen molar-refractivity contribution in [3.05, 3.63) is 45.8 Å². The van der Waals surface area contributed by atoms with Gasteiger partial charge in [-0.05, 0) is 37.1 Å². The van der Waals surface area contributed by atoms with E-state index in [1.165, 1.54) is 11.3 Å². The molecule has 0 saturated heterocycles. The Morgan fingerprint density at radius 1 is 1.28 bits per heavy atom.